The second-order valence-electron chi connectivity index (χ2n) is 4.91. The third kappa shape index (κ3) is 5.44. The van der Waals surface area contributed by atoms with Crippen LogP contribution in [0.3, 0.4) is 0 Å². The molecule has 0 saturated heterocycles. The molecule has 0 saturated carbocycles. The number of nitrogens with zero attached hydrogens (tertiary/aromatic N) is 1. The van der Waals surface area contributed by atoms with Crippen molar-refractivity contribution in [2.75, 3.05) is 40.4 Å². The fraction of sp³-hybridized carbons (Fsp3) is 0.625. The topological polar surface area (TPSA) is 54.0 Å². The summed E-state index contributed by atoms with van der Waals surface area (Å²) in [6.07, 6.45) is 1.12. The number of hydrogen-bond donors (Lipinski definition) is 2. The molecule has 0 unspecified atom stereocenters. The van der Waals surface area contributed by atoms with Crippen molar-refractivity contribution in [2.24, 2.45) is 0 Å². The van der Waals surface area contributed by atoms with Crippen molar-refractivity contribution in [3.05, 3.63) is 17.7 Å². The average molecular weight is 296 g/mol. The number of nitrogens with one attached hydrogen (secondary N) is 1. The van der Waals surface area contributed by atoms with E-state index in [2.05, 4.69) is 24.1 Å². The van der Waals surface area contributed by atoms with E-state index in [0.29, 0.717) is 11.5 Å². The van der Waals surface area contributed by atoms with Crippen LogP contribution >= 0.6 is 0 Å². The van der Waals surface area contributed by atoms with Crippen LogP contribution in [0.5, 0.6) is 17.2 Å². The van der Waals surface area contributed by atoms with Gasteiger partial charge in [-0.1, -0.05) is 13.8 Å². The molecule has 0 aliphatic carbocycles. The second-order valence-corrected chi connectivity index (χ2v) is 4.91. The van der Waals surface area contributed by atoms with Crippen molar-refractivity contribution < 1.29 is 14.6 Å². The molecule has 5 nitrogen and oxygen atoms in total. The SMILES string of the molecule is CCN(CC)CCCNCc1cc(OC)c(O)c(OC)c1. The van der Waals surface area contributed by atoms with E-state index < -0.39 is 0 Å². The van der Waals surface area contributed by atoms with E-state index in [9.17, 15) is 5.11 Å². The fourth-order valence-corrected chi connectivity index (χ4v) is 2.25. The quantitative estimate of drug-likeness (QED) is 0.649. The number of rotatable bonds is 10. The number of phenolic OH excluding ortho intramolecular Hbond substituents is 1. The normalized spacial score (nSPS) is 10.9. The smallest absolute Gasteiger partial charge is 0.200 e. The molecule has 0 aromatic heterocycles. The van der Waals surface area contributed by atoms with Crippen LogP contribution in [0.2, 0.25) is 0 Å². The van der Waals surface area contributed by atoms with Crippen molar-refractivity contribution >= 4 is 0 Å². The molecule has 5 heteroatoms. The predicted octanol–water partition coefficient (Wildman–Crippen LogP) is 2.23. The van der Waals surface area contributed by atoms with Crippen LogP contribution in [0.25, 0.3) is 0 Å². The molecule has 0 amide bonds. The fourth-order valence-electron chi connectivity index (χ4n) is 2.25. The van der Waals surface area contributed by atoms with Crippen LogP contribution in [0.1, 0.15) is 25.8 Å². The zero-order valence-electron chi connectivity index (χ0n) is 13.6. The summed E-state index contributed by atoms with van der Waals surface area (Å²) in [7, 11) is 3.07. The summed E-state index contributed by atoms with van der Waals surface area (Å²) in [4.78, 5) is 2.41. The third-order valence-corrected chi connectivity index (χ3v) is 3.59. The molecule has 120 valence electrons. The summed E-state index contributed by atoms with van der Waals surface area (Å²) in [6.45, 7) is 9.37. The van der Waals surface area contributed by atoms with Gasteiger partial charge >= 0.3 is 0 Å². The van der Waals surface area contributed by atoms with Crippen molar-refractivity contribution in [3.63, 3.8) is 0 Å². The Bertz CT molecular complexity index is 395. The Morgan fingerprint density at radius 2 is 1.67 bits per heavy atom. The first kappa shape index (κ1) is 17.6. The number of hydrogen-bond acceptors (Lipinski definition) is 5. The van der Waals surface area contributed by atoms with Crippen LogP contribution in [0.4, 0.5) is 0 Å². The minimum atomic E-state index is 0.0466. The lowest BCUT2D eigenvalue weighted by molar-refractivity contribution is 0.298. The van der Waals surface area contributed by atoms with E-state index >= 15 is 0 Å². The van der Waals surface area contributed by atoms with Crippen LogP contribution < -0.4 is 14.8 Å². The molecule has 21 heavy (non-hydrogen) atoms. The summed E-state index contributed by atoms with van der Waals surface area (Å²) in [6, 6.07) is 3.66. The molecule has 0 spiro atoms. The van der Waals surface area contributed by atoms with Gasteiger partial charge in [0.2, 0.25) is 5.75 Å². The molecule has 0 heterocycles. The summed E-state index contributed by atoms with van der Waals surface area (Å²) in [5.74, 6) is 0.925. The summed E-state index contributed by atoms with van der Waals surface area (Å²) < 4.78 is 10.3. The van der Waals surface area contributed by atoms with Gasteiger partial charge in [-0.05, 0) is 50.3 Å². The maximum Gasteiger partial charge on any atom is 0.200 e. The Hall–Kier alpha value is -1.46. The Morgan fingerprint density at radius 3 is 2.14 bits per heavy atom. The van der Waals surface area contributed by atoms with Crippen molar-refractivity contribution in [1.82, 2.24) is 10.2 Å². The zero-order chi connectivity index (χ0) is 15.7. The molecular formula is C16H28N2O3. The first-order valence-electron chi connectivity index (χ1n) is 7.53. The standard InChI is InChI=1S/C16H28N2O3/c1-5-18(6-2)9-7-8-17-12-13-10-14(20-3)16(19)15(11-13)21-4/h10-11,17,19H,5-9,12H2,1-4H3. The summed E-state index contributed by atoms with van der Waals surface area (Å²) in [5.41, 5.74) is 1.03. The van der Waals surface area contributed by atoms with E-state index in [1.807, 2.05) is 12.1 Å². The van der Waals surface area contributed by atoms with Gasteiger partial charge in [0.05, 0.1) is 14.2 Å². The van der Waals surface area contributed by atoms with E-state index in [0.717, 1.165) is 44.7 Å². The van der Waals surface area contributed by atoms with Gasteiger partial charge in [-0.2, -0.15) is 0 Å². The minimum Gasteiger partial charge on any atom is -0.502 e. The molecule has 0 atom stereocenters. The molecule has 2 N–H and O–H groups in total. The average Bonchev–Trinajstić information content (AvgIpc) is 2.52. The molecule has 0 aliphatic rings. The van der Waals surface area contributed by atoms with Crippen LogP contribution in [-0.2, 0) is 6.54 Å². The highest BCUT2D eigenvalue weighted by molar-refractivity contribution is 5.52. The lowest BCUT2D eigenvalue weighted by Crippen LogP contribution is -2.27. The Kier molecular flexibility index (Phi) is 7.93. The molecular weight excluding hydrogens is 268 g/mol. The highest BCUT2D eigenvalue weighted by Gasteiger charge is 2.10. The van der Waals surface area contributed by atoms with E-state index in [-0.39, 0.29) is 5.75 Å². The van der Waals surface area contributed by atoms with Gasteiger partial charge in [0, 0.05) is 6.54 Å². The van der Waals surface area contributed by atoms with Gasteiger partial charge in [-0.25, -0.2) is 0 Å². The minimum absolute atomic E-state index is 0.0466. The lowest BCUT2D eigenvalue weighted by atomic mass is 10.1. The van der Waals surface area contributed by atoms with Gasteiger partial charge in [0.1, 0.15) is 0 Å². The molecule has 0 radical (unpaired) electrons. The van der Waals surface area contributed by atoms with E-state index in [4.69, 9.17) is 9.47 Å². The Morgan fingerprint density at radius 1 is 1.10 bits per heavy atom. The molecule has 1 rings (SSSR count). The third-order valence-electron chi connectivity index (χ3n) is 3.59. The monoisotopic (exact) mass is 296 g/mol. The second kappa shape index (κ2) is 9.47. The number of aromatic hydroxyl groups is 1. The lowest BCUT2D eigenvalue weighted by Gasteiger charge is -2.17. The van der Waals surface area contributed by atoms with Gasteiger partial charge < -0.3 is 24.8 Å². The maximum atomic E-state index is 9.86. The van der Waals surface area contributed by atoms with Crippen molar-refractivity contribution in [1.29, 1.82) is 0 Å². The van der Waals surface area contributed by atoms with Gasteiger partial charge in [-0.15, -0.1) is 0 Å². The number of methoxy groups -OCH3 is 2. The van der Waals surface area contributed by atoms with Gasteiger partial charge in [0.15, 0.2) is 11.5 Å². The van der Waals surface area contributed by atoms with E-state index in [1.54, 1.807) is 0 Å². The maximum absolute atomic E-state index is 9.86. The molecule has 0 bridgehead atoms. The van der Waals surface area contributed by atoms with Gasteiger partial charge in [0.25, 0.3) is 0 Å². The first-order chi connectivity index (χ1) is 10.2. The number of ether oxygens (including phenoxy) is 2. The highest BCUT2D eigenvalue weighted by Crippen LogP contribution is 2.36. The summed E-state index contributed by atoms with van der Waals surface area (Å²) in [5, 5.41) is 13.3. The van der Waals surface area contributed by atoms with Crippen LogP contribution in [0.15, 0.2) is 12.1 Å². The van der Waals surface area contributed by atoms with E-state index in [1.165, 1.54) is 14.2 Å². The first-order valence-corrected chi connectivity index (χ1v) is 7.53. The van der Waals surface area contributed by atoms with Crippen molar-refractivity contribution in [3.8, 4) is 17.2 Å². The Labute approximate surface area is 127 Å². The van der Waals surface area contributed by atoms with Crippen molar-refractivity contribution in [2.45, 2.75) is 26.8 Å². The largest absolute Gasteiger partial charge is 0.502 e. The van der Waals surface area contributed by atoms with Gasteiger partial charge in [-0.3, -0.25) is 0 Å². The molecule has 1 aromatic rings. The zero-order valence-corrected chi connectivity index (χ0v) is 13.6. The molecule has 0 fully saturated rings. The van der Waals surface area contributed by atoms with Crippen LogP contribution in [0, 0.1) is 0 Å². The molecule has 1 aromatic carbocycles. The Balaban J connectivity index is 2.45. The predicted molar refractivity (Wildman–Crippen MR) is 85.3 cm³/mol. The molecule has 0 aliphatic heterocycles. The highest BCUT2D eigenvalue weighted by atomic mass is 16.5. The number of phenols is 1. The summed E-state index contributed by atoms with van der Waals surface area (Å²) >= 11 is 0. The number of benzene rings is 1. The van der Waals surface area contributed by atoms with Crippen LogP contribution in [-0.4, -0.2) is 50.4 Å².